The first-order valence-corrected chi connectivity index (χ1v) is 10.5. The number of methoxy groups -OCH3 is 1. The highest BCUT2D eigenvalue weighted by Crippen LogP contribution is 2.25. The molecule has 1 aliphatic rings. The molecule has 1 fully saturated rings. The highest BCUT2D eigenvalue weighted by atomic mass is 19.1. The molecular formula is C22H24FN5O4. The number of hydrogen-bond donors (Lipinski definition) is 1. The quantitative estimate of drug-likeness (QED) is 0.562. The van der Waals surface area contributed by atoms with Crippen LogP contribution in [0.2, 0.25) is 0 Å². The summed E-state index contributed by atoms with van der Waals surface area (Å²) in [6, 6.07) is 4.23. The van der Waals surface area contributed by atoms with Gasteiger partial charge in [-0.25, -0.2) is 13.9 Å². The SMILES string of the molecule is COc1ccc(C(=O)C2CCN(C(=O)CCCc3nn4cncc4c(=O)[nH]3)CC2)cc1F. The van der Waals surface area contributed by atoms with Crippen LogP contribution >= 0.6 is 0 Å². The van der Waals surface area contributed by atoms with Crippen molar-refractivity contribution >= 4 is 17.2 Å². The summed E-state index contributed by atoms with van der Waals surface area (Å²) in [5.74, 6) is -0.284. The van der Waals surface area contributed by atoms with E-state index in [1.54, 1.807) is 11.0 Å². The number of piperidine rings is 1. The van der Waals surface area contributed by atoms with E-state index in [2.05, 4.69) is 15.1 Å². The van der Waals surface area contributed by atoms with Gasteiger partial charge >= 0.3 is 0 Å². The summed E-state index contributed by atoms with van der Waals surface area (Å²) in [5.41, 5.74) is 0.436. The Morgan fingerprint density at radius 3 is 2.78 bits per heavy atom. The van der Waals surface area contributed by atoms with Gasteiger partial charge in [0.25, 0.3) is 5.56 Å². The number of H-pyrrole nitrogens is 1. The summed E-state index contributed by atoms with van der Waals surface area (Å²) in [6.07, 6.45) is 5.34. The van der Waals surface area contributed by atoms with Gasteiger partial charge in [0, 0.05) is 37.4 Å². The number of carbonyl (C=O) groups is 2. The molecule has 0 atom stereocenters. The number of ether oxygens (including phenoxy) is 1. The van der Waals surface area contributed by atoms with Gasteiger partial charge in [-0.3, -0.25) is 14.4 Å². The van der Waals surface area contributed by atoms with E-state index in [0.717, 1.165) is 0 Å². The molecule has 10 heteroatoms. The fourth-order valence-corrected chi connectivity index (χ4v) is 4.01. The van der Waals surface area contributed by atoms with Crippen LogP contribution in [-0.4, -0.2) is 56.4 Å². The Morgan fingerprint density at radius 1 is 1.28 bits per heavy atom. The first-order valence-electron chi connectivity index (χ1n) is 10.5. The second-order valence-corrected chi connectivity index (χ2v) is 7.85. The van der Waals surface area contributed by atoms with E-state index >= 15 is 0 Å². The first kappa shape index (κ1) is 21.7. The van der Waals surface area contributed by atoms with Gasteiger partial charge in [-0.1, -0.05) is 0 Å². The number of aromatic nitrogens is 4. The molecule has 0 unspecified atom stereocenters. The van der Waals surface area contributed by atoms with Crippen LogP contribution < -0.4 is 10.3 Å². The molecule has 1 N–H and O–H groups in total. The van der Waals surface area contributed by atoms with E-state index in [-0.39, 0.29) is 28.9 Å². The van der Waals surface area contributed by atoms with Crippen molar-refractivity contribution < 1.29 is 18.7 Å². The molecule has 1 amide bonds. The van der Waals surface area contributed by atoms with E-state index in [1.807, 2.05) is 0 Å². The standard InChI is InChI=1S/C22H24FN5O4/c1-32-18-6-5-15(11-16(18)23)21(30)14-7-9-27(10-8-14)20(29)4-2-3-19-25-22(31)17-12-24-13-28(17)26-19/h5-6,11-14H,2-4,7-10H2,1H3,(H,25,26,31). The molecule has 0 saturated carbocycles. The molecule has 1 aliphatic heterocycles. The van der Waals surface area contributed by atoms with Crippen LogP contribution in [0, 0.1) is 11.7 Å². The van der Waals surface area contributed by atoms with Gasteiger partial charge in [-0.15, -0.1) is 0 Å². The summed E-state index contributed by atoms with van der Waals surface area (Å²) in [5, 5.41) is 4.28. The Hall–Kier alpha value is -3.56. The van der Waals surface area contributed by atoms with E-state index in [4.69, 9.17) is 4.74 Å². The van der Waals surface area contributed by atoms with Gasteiger partial charge in [-0.05, 0) is 37.5 Å². The number of nitrogens with zero attached hydrogens (tertiary/aromatic N) is 4. The molecule has 1 saturated heterocycles. The Bertz CT molecular complexity index is 1200. The third-order valence-corrected chi connectivity index (χ3v) is 5.80. The largest absolute Gasteiger partial charge is 0.494 e. The smallest absolute Gasteiger partial charge is 0.276 e. The van der Waals surface area contributed by atoms with Crippen molar-refractivity contribution in [2.75, 3.05) is 20.2 Å². The minimum absolute atomic E-state index is 0.0115. The first-order chi connectivity index (χ1) is 15.5. The highest BCUT2D eigenvalue weighted by Gasteiger charge is 2.28. The van der Waals surface area contributed by atoms with Crippen molar-refractivity contribution in [3.05, 3.63) is 58.3 Å². The van der Waals surface area contributed by atoms with Crippen molar-refractivity contribution in [1.29, 1.82) is 0 Å². The van der Waals surface area contributed by atoms with Crippen molar-refractivity contribution in [3.63, 3.8) is 0 Å². The number of imidazole rings is 1. The van der Waals surface area contributed by atoms with Gasteiger partial charge in [0.1, 0.15) is 17.7 Å². The lowest BCUT2D eigenvalue weighted by Crippen LogP contribution is -2.40. The minimum Gasteiger partial charge on any atom is -0.494 e. The van der Waals surface area contributed by atoms with Crippen LogP contribution in [0.3, 0.4) is 0 Å². The fraction of sp³-hybridized carbons (Fsp3) is 0.409. The van der Waals surface area contributed by atoms with Gasteiger partial charge in [0.2, 0.25) is 5.91 Å². The van der Waals surface area contributed by atoms with E-state index in [9.17, 15) is 18.8 Å². The summed E-state index contributed by atoms with van der Waals surface area (Å²) in [7, 11) is 1.38. The number of aromatic amines is 1. The molecule has 4 rings (SSSR count). The van der Waals surface area contributed by atoms with Gasteiger partial charge in [0.15, 0.2) is 17.3 Å². The molecule has 3 aromatic rings. The lowest BCUT2D eigenvalue weighted by atomic mass is 9.88. The minimum atomic E-state index is -0.561. The second kappa shape index (κ2) is 9.29. The number of carbonyl (C=O) groups excluding carboxylic acids is 2. The maximum Gasteiger partial charge on any atom is 0.276 e. The second-order valence-electron chi connectivity index (χ2n) is 7.85. The summed E-state index contributed by atoms with van der Waals surface area (Å²) in [6.45, 7) is 0.980. The number of rotatable bonds is 7. The predicted molar refractivity (Wildman–Crippen MR) is 113 cm³/mol. The molecule has 2 aromatic heterocycles. The van der Waals surface area contributed by atoms with Gasteiger partial charge in [-0.2, -0.15) is 5.10 Å². The maximum atomic E-state index is 13.9. The van der Waals surface area contributed by atoms with Crippen LogP contribution in [0.25, 0.3) is 5.52 Å². The third kappa shape index (κ3) is 4.53. The molecule has 9 nitrogen and oxygen atoms in total. The summed E-state index contributed by atoms with van der Waals surface area (Å²) < 4.78 is 20.2. The maximum absolute atomic E-state index is 13.9. The van der Waals surface area contributed by atoms with Crippen molar-refractivity contribution in [2.24, 2.45) is 5.92 Å². The summed E-state index contributed by atoms with van der Waals surface area (Å²) >= 11 is 0. The highest BCUT2D eigenvalue weighted by molar-refractivity contribution is 5.98. The third-order valence-electron chi connectivity index (χ3n) is 5.80. The van der Waals surface area contributed by atoms with E-state index in [0.29, 0.717) is 62.1 Å². The zero-order chi connectivity index (χ0) is 22.7. The number of hydrogen-bond acceptors (Lipinski definition) is 6. The molecule has 0 aliphatic carbocycles. The zero-order valence-corrected chi connectivity index (χ0v) is 17.7. The number of fused-ring (bicyclic) bond motifs is 1. The summed E-state index contributed by atoms with van der Waals surface area (Å²) in [4.78, 5) is 45.6. The van der Waals surface area contributed by atoms with E-state index in [1.165, 1.54) is 36.3 Å². The average Bonchev–Trinajstić information content (AvgIpc) is 3.28. The van der Waals surface area contributed by atoms with Gasteiger partial charge < -0.3 is 14.6 Å². The number of ketones is 1. The molecule has 0 radical (unpaired) electrons. The van der Waals surface area contributed by atoms with Crippen molar-refractivity contribution in [1.82, 2.24) is 24.5 Å². The van der Waals surface area contributed by atoms with Gasteiger partial charge in [0.05, 0.1) is 13.3 Å². The molecule has 0 spiro atoms. The average molecular weight is 441 g/mol. The lowest BCUT2D eigenvalue weighted by molar-refractivity contribution is -0.132. The number of Topliss-reactive ketones (excluding diaryl/α,β-unsaturated/α-hetero) is 1. The number of halogens is 1. The molecule has 0 bridgehead atoms. The molecule has 32 heavy (non-hydrogen) atoms. The predicted octanol–water partition coefficient (Wildman–Crippen LogP) is 2.01. The molecule has 3 heterocycles. The number of amides is 1. The van der Waals surface area contributed by atoms with Crippen molar-refractivity contribution in [3.8, 4) is 5.75 Å². The Labute approximate surface area is 183 Å². The lowest BCUT2D eigenvalue weighted by Gasteiger charge is -2.31. The number of nitrogens with one attached hydrogen (secondary N) is 1. The van der Waals surface area contributed by atoms with E-state index < -0.39 is 5.82 Å². The van der Waals surface area contributed by atoms with Crippen LogP contribution in [-0.2, 0) is 11.2 Å². The topological polar surface area (TPSA) is 110 Å². The number of benzene rings is 1. The Kier molecular flexibility index (Phi) is 6.29. The van der Waals surface area contributed by atoms with Crippen LogP contribution in [0.5, 0.6) is 5.75 Å². The Morgan fingerprint density at radius 2 is 2.06 bits per heavy atom. The number of aryl methyl sites for hydroxylation is 1. The molecule has 1 aromatic carbocycles. The zero-order valence-electron chi connectivity index (χ0n) is 17.7. The van der Waals surface area contributed by atoms with Crippen LogP contribution in [0.4, 0.5) is 4.39 Å². The monoisotopic (exact) mass is 441 g/mol. The van der Waals surface area contributed by atoms with Crippen LogP contribution in [0.15, 0.2) is 35.5 Å². The normalized spacial score (nSPS) is 14.6. The van der Waals surface area contributed by atoms with Crippen molar-refractivity contribution in [2.45, 2.75) is 32.1 Å². The molecular weight excluding hydrogens is 417 g/mol. The molecule has 168 valence electrons. The number of likely N-dealkylation sites (tertiary alicyclic amines) is 1. The fourth-order valence-electron chi connectivity index (χ4n) is 4.01. The van der Waals surface area contributed by atoms with Crippen LogP contribution in [0.1, 0.15) is 41.9 Å². The Balaban J connectivity index is 1.26.